The summed E-state index contributed by atoms with van der Waals surface area (Å²) >= 11 is 0. The van der Waals surface area contributed by atoms with Crippen molar-refractivity contribution < 1.29 is 42.6 Å². The van der Waals surface area contributed by atoms with Crippen LogP contribution >= 0.6 is 0 Å². The van der Waals surface area contributed by atoms with Gasteiger partial charge in [-0.15, -0.1) is 0 Å². The molecule has 0 saturated carbocycles. The summed E-state index contributed by atoms with van der Waals surface area (Å²) in [7, 11) is 0. The molecule has 1 unspecified atom stereocenters. The maximum Gasteiger partial charge on any atom is 0.333 e. The average Bonchev–Trinajstić information content (AvgIpc) is 2.87. The number of rotatable bonds is 17. The Balaban J connectivity index is 1.94. The summed E-state index contributed by atoms with van der Waals surface area (Å²) in [6.45, 7) is 2.95. The van der Waals surface area contributed by atoms with E-state index < -0.39 is 35.4 Å². The highest BCUT2D eigenvalue weighted by molar-refractivity contribution is 5.89. The fraction of sp³-hybridized carbons (Fsp3) is 0.462. The number of carboxylic acid groups (broad SMARTS) is 1. The molecule has 0 bridgehead atoms. The zero-order valence-corrected chi connectivity index (χ0v) is 21.8. The van der Waals surface area contributed by atoms with Crippen molar-refractivity contribution in [1.29, 1.82) is 0 Å². The molecule has 214 valence electrons. The van der Waals surface area contributed by atoms with Crippen molar-refractivity contribution in [2.45, 2.75) is 38.7 Å². The molecule has 0 aliphatic carbocycles. The minimum absolute atomic E-state index is 0.0169. The lowest BCUT2D eigenvalue weighted by Crippen LogP contribution is -2.40. The molecule has 0 spiro atoms. The average molecular weight is 554 g/mol. The zero-order chi connectivity index (χ0) is 28.8. The molecule has 11 nitrogen and oxygen atoms in total. The molecule has 0 saturated heterocycles. The van der Waals surface area contributed by atoms with E-state index in [1.807, 2.05) is 0 Å². The first-order valence-electron chi connectivity index (χ1n) is 12.3. The SMILES string of the molecule is CCOC(Cc1ccc(OCCN(CCOCCC(C)(F)F)C(=O)Nc2ccc([N+](=O)[O-])cc2)cc1)C(=O)O. The van der Waals surface area contributed by atoms with Crippen LogP contribution in [0.1, 0.15) is 25.8 Å². The number of hydrogen-bond acceptors (Lipinski definition) is 7. The van der Waals surface area contributed by atoms with Crippen molar-refractivity contribution in [2.75, 3.05) is 44.8 Å². The standard InChI is InChI=1S/C26H33F2N3O8/c1-3-38-23(24(32)33)18-19-4-10-22(11-5-19)39-17-14-30(13-16-37-15-12-26(2,27)28)25(34)29-20-6-8-21(9-7-20)31(35)36/h4-11,23H,3,12-18H2,1-2H3,(H,29,34)(H,32,33). The van der Waals surface area contributed by atoms with Crippen molar-refractivity contribution in [3.8, 4) is 5.75 Å². The summed E-state index contributed by atoms with van der Waals surface area (Å²) < 4.78 is 42.2. The van der Waals surface area contributed by atoms with E-state index in [0.29, 0.717) is 11.4 Å². The van der Waals surface area contributed by atoms with E-state index in [1.165, 1.54) is 29.2 Å². The molecule has 0 radical (unpaired) electrons. The minimum atomic E-state index is -2.85. The quantitative estimate of drug-likeness (QED) is 0.165. The van der Waals surface area contributed by atoms with Gasteiger partial charge in [0.2, 0.25) is 5.92 Å². The number of carbonyl (C=O) groups excluding carboxylic acids is 1. The first kappa shape index (κ1) is 31.4. The number of carbonyl (C=O) groups is 2. The number of urea groups is 1. The zero-order valence-electron chi connectivity index (χ0n) is 21.8. The predicted octanol–water partition coefficient (Wildman–Crippen LogP) is 4.60. The Kier molecular flexibility index (Phi) is 12.5. The third kappa shape index (κ3) is 12.0. The highest BCUT2D eigenvalue weighted by atomic mass is 19.3. The van der Waals surface area contributed by atoms with E-state index >= 15 is 0 Å². The Labute approximate surface area is 224 Å². The smallest absolute Gasteiger partial charge is 0.333 e. The van der Waals surface area contributed by atoms with E-state index in [-0.39, 0.29) is 51.6 Å². The molecule has 13 heteroatoms. The molecular weight excluding hydrogens is 520 g/mol. The first-order chi connectivity index (χ1) is 18.5. The topological polar surface area (TPSA) is 140 Å². The number of anilines is 1. The van der Waals surface area contributed by atoms with Crippen molar-refractivity contribution >= 4 is 23.4 Å². The van der Waals surface area contributed by atoms with Crippen LogP contribution in [0.2, 0.25) is 0 Å². The van der Waals surface area contributed by atoms with Gasteiger partial charge in [-0.05, 0) is 43.7 Å². The van der Waals surface area contributed by atoms with Crippen LogP contribution < -0.4 is 10.1 Å². The predicted molar refractivity (Wildman–Crippen MR) is 138 cm³/mol. The number of carboxylic acids is 1. The second-order valence-corrected chi connectivity index (χ2v) is 8.63. The molecule has 0 aliphatic heterocycles. The summed E-state index contributed by atoms with van der Waals surface area (Å²) in [5, 5.41) is 22.7. The number of hydrogen-bond donors (Lipinski definition) is 2. The third-order valence-electron chi connectivity index (χ3n) is 5.43. The van der Waals surface area contributed by atoms with Gasteiger partial charge in [0.05, 0.1) is 24.7 Å². The number of halogens is 2. The van der Waals surface area contributed by atoms with Gasteiger partial charge in [0.25, 0.3) is 5.69 Å². The van der Waals surface area contributed by atoms with Crippen LogP contribution in [0.15, 0.2) is 48.5 Å². The summed E-state index contributed by atoms with van der Waals surface area (Å²) in [6.07, 6.45) is -1.20. The van der Waals surface area contributed by atoms with Crippen LogP contribution in [0.5, 0.6) is 5.75 Å². The Morgan fingerprint density at radius 3 is 2.28 bits per heavy atom. The number of alkyl halides is 2. The molecule has 0 heterocycles. The maximum atomic E-state index is 13.0. The van der Waals surface area contributed by atoms with Crippen molar-refractivity contribution in [1.82, 2.24) is 4.90 Å². The third-order valence-corrected chi connectivity index (χ3v) is 5.43. The first-order valence-corrected chi connectivity index (χ1v) is 12.3. The Morgan fingerprint density at radius 1 is 1.08 bits per heavy atom. The van der Waals surface area contributed by atoms with Crippen LogP contribution in [0.4, 0.5) is 25.0 Å². The van der Waals surface area contributed by atoms with Gasteiger partial charge in [-0.2, -0.15) is 0 Å². The normalized spacial score (nSPS) is 12.0. The fourth-order valence-electron chi connectivity index (χ4n) is 3.34. The number of non-ortho nitro benzene ring substituents is 1. The van der Waals surface area contributed by atoms with Crippen LogP contribution in [0.25, 0.3) is 0 Å². The second kappa shape index (κ2) is 15.5. The molecule has 2 amide bonds. The van der Waals surface area contributed by atoms with Gasteiger partial charge < -0.3 is 29.5 Å². The number of amides is 2. The van der Waals surface area contributed by atoms with E-state index in [9.17, 15) is 33.6 Å². The van der Waals surface area contributed by atoms with E-state index in [2.05, 4.69) is 5.32 Å². The Hall–Kier alpha value is -3.84. The molecule has 2 aromatic carbocycles. The van der Waals surface area contributed by atoms with Crippen molar-refractivity contribution in [3.05, 3.63) is 64.2 Å². The number of nitrogens with one attached hydrogen (secondary N) is 1. The van der Waals surface area contributed by atoms with Crippen LogP contribution in [0.3, 0.4) is 0 Å². The molecule has 0 aliphatic rings. The summed E-state index contributed by atoms with van der Waals surface area (Å²) in [6, 6.07) is 11.6. The number of aliphatic carboxylic acids is 1. The maximum absolute atomic E-state index is 13.0. The molecule has 2 aromatic rings. The van der Waals surface area contributed by atoms with Crippen LogP contribution in [-0.2, 0) is 20.7 Å². The Bertz CT molecular complexity index is 1060. The van der Waals surface area contributed by atoms with Gasteiger partial charge in [-0.3, -0.25) is 10.1 Å². The van der Waals surface area contributed by atoms with Gasteiger partial charge in [0, 0.05) is 43.8 Å². The van der Waals surface area contributed by atoms with Crippen LogP contribution in [0, 0.1) is 10.1 Å². The van der Waals surface area contributed by atoms with Crippen molar-refractivity contribution in [2.24, 2.45) is 0 Å². The van der Waals surface area contributed by atoms with Gasteiger partial charge in [-0.25, -0.2) is 18.4 Å². The lowest BCUT2D eigenvalue weighted by Gasteiger charge is -2.23. The van der Waals surface area contributed by atoms with Crippen molar-refractivity contribution in [3.63, 3.8) is 0 Å². The number of nitrogens with zero attached hydrogens (tertiary/aromatic N) is 2. The second-order valence-electron chi connectivity index (χ2n) is 8.63. The fourth-order valence-corrected chi connectivity index (χ4v) is 3.34. The van der Waals surface area contributed by atoms with E-state index in [1.54, 1.807) is 31.2 Å². The van der Waals surface area contributed by atoms with E-state index in [4.69, 9.17) is 14.2 Å². The lowest BCUT2D eigenvalue weighted by atomic mass is 10.1. The summed E-state index contributed by atoms with van der Waals surface area (Å²) in [4.78, 5) is 35.8. The number of nitro groups is 1. The Morgan fingerprint density at radius 2 is 1.72 bits per heavy atom. The number of benzene rings is 2. The number of nitro benzene ring substituents is 1. The number of ether oxygens (including phenoxy) is 3. The molecule has 39 heavy (non-hydrogen) atoms. The van der Waals surface area contributed by atoms with Gasteiger partial charge in [0.15, 0.2) is 6.10 Å². The largest absolute Gasteiger partial charge is 0.492 e. The summed E-state index contributed by atoms with van der Waals surface area (Å²) in [5.41, 5.74) is 0.967. The monoisotopic (exact) mass is 553 g/mol. The molecule has 0 fully saturated rings. The molecule has 2 rings (SSSR count). The molecule has 1 atom stereocenters. The van der Waals surface area contributed by atoms with Crippen LogP contribution in [-0.4, -0.2) is 78.5 Å². The van der Waals surface area contributed by atoms with Gasteiger partial charge in [-0.1, -0.05) is 12.1 Å². The van der Waals surface area contributed by atoms with Gasteiger partial charge in [0.1, 0.15) is 12.4 Å². The summed E-state index contributed by atoms with van der Waals surface area (Å²) in [5.74, 6) is -3.40. The lowest BCUT2D eigenvalue weighted by molar-refractivity contribution is -0.384. The molecule has 0 aromatic heterocycles. The van der Waals surface area contributed by atoms with E-state index in [0.717, 1.165) is 12.5 Å². The molecular formula is C26H33F2N3O8. The van der Waals surface area contributed by atoms with Gasteiger partial charge >= 0.3 is 12.0 Å². The molecule has 2 N–H and O–H groups in total. The highest BCUT2D eigenvalue weighted by Gasteiger charge is 2.21. The highest BCUT2D eigenvalue weighted by Crippen LogP contribution is 2.18. The minimum Gasteiger partial charge on any atom is -0.492 e.